The van der Waals surface area contributed by atoms with Crippen molar-refractivity contribution in [3.8, 4) is 0 Å². The summed E-state index contributed by atoms with van der Waals surface area (Å²) in [6.45, 7) is 0. The van der Waals surface area contributed by atoms with Gasteiger partial charge in [-0.3, -0.25) is 0 Å². The third kappa shape index (κ3) is 1.60. The molecule has 0 spiro atoms. The van der Waals surface area contributed by atoms with Crippen LogP contribution in [0.3, 0.4) is 0 Å². The van der Waals surface area contributed by atoms with Crippen LogP contribution in [0, 0.1) is 0 Å². The molecule has 0 aliphatic carbocycles. The minimum absolute atomic E-state index is 0.117. The first-order valence-electron chi connectivity index (χ1n) is 2.65. The monoisotopic (exact) mass is 146 g/mol. The average molecular weight is 146 g/mol. The molecule has 0 amide bonds. The Balaban J connectivity index is 2.27. The topological polar surface area (TPSA) is 0 Å². The Morgan fingerprint density at radius 1 is 1.25 bits per heavy atom. The van der Waals surface area contributed by atoms with Crippen LogP contribution in [0.25, 0.3) is 0 Å². The minimum Gasteiger partial charge on any atom is -0.212 e. The van der Waals surface area contributed by atoms with Crippen LogP contribution < -0.4 is 0 Å². The fourth-order valence-corrected chi connectivity index (χ4v) is 2.60. The molecule has 0 radical (unpaired) electrons. The van der Waals surface area contributed by atoms with Gasteiger partial charge in [0.05, 0.1) is 0 Å². The Hall–Kier alpha value is 0.180. The minimum atomic E-state index is 0.117. The maximum atomic E-state index is 4.14. The molecule has 8 heavy (non-hydrogen) atoms. The number of rotatable bonds is 2. The summed E-state index contributed by atoms with van der Waals surface area (Å²) in [5.74, 6) is 2.26. The zero-order valence-electron chi connectivity index (χ0n) is 4.62. The van der Waals surface area contributed by atoms with Crippen molar-refractivity contribution in [1.29, 1.82) is 0 Å². The van der Waals surface area contributed by atoms with Gasteiger partial charge in [0.1, 0.15) is 0 Å². The van der Waals surface area contributed by atoms with Crippen LogP contribution in [0.1, 0.15) is 0 Å². The van der Waals surface area contributed by atoms with E-state index in [-0.39, 0.29) is 10.9 Å². The molecule has 0 aromatic carbocycles. The van der Waals surface area contributed by atoms with E-state index in [4.69, 9.17) is 0 Å². The van der Waals surface area contributed by atoms with Gasteiger partial charge in [0.2, 0.25) is 0 Å². The Morgan fingerprint density at radius 2 is 1.88 bits per heavy atom. The lowest BCUT2D eigenvalue weighted by Gasteiger charge is -2.04. The molecule has 0 nitrogen and oxygen atoms in total. The second-order valence-corrected chi connectivity index (χ2v) is 4.16. The molecule has 0 fully saturated rings. The highest BCUT2D eigenvalue weighted by atomic mass is 32.2. The van der Waals surface area contributed by atoms with E-state index in [0.717, 1.165) is 5.75 Å². The third-order valence-electron chi connectivity index (χ3n) is 1.02. The zero-order chi connectivity index (χ0) is 5.82. The summed E-state index contributed by atoms with van der Waals surface area (Å²) < 4.78 is 0. The highest BCUT2D eigenvalue weighted by molar-refractivity contribution is 8.22. The van der Waals surface area contributed by atoms with Crippen molar-refractivity contribution in [1.82, 2.24) is 0 Å². The van der Waals surface area contributed by atoms with Gasteiger partial charge in [-0.2, -0.15) is 12.6 Å². The van der Waals surface area contributed by atoms with Crippen molar-refractivity contribution in [3.63, 3.8) is 0 Å². The second kappa shape index (κ2) is 3.25. The van der Waals surface area contributed by atoms with Gasteiger partial charge >= 0.3 is 0 Å². The Morgan fingerprint density at radius 3 is 2.38 bits per heavy atom. The van der Waals surface area contributed by atoms with E-state index >= 15 is 0 Å². The number of hydrogen-bond acceptors (Lipinski definition) is 1. The van der Waals surface area contributed by atoms with Gasteiger partial charge in [0, 0.05) is 0 Å². The quantitative estimate of drug-likeness (QED) is 0.547. The van der Waals surface area contributed by atoms with Crippen LogP contribution in [-0.4, -0.2) is 11.5 Å². The highest BCUT2D eigenvalue weighted by Gasteiger charge is 1.94. The van der Waals surface area contributed by atoms with Crippen LogP contribution >= 0.6 is 23.5 Å². The van der Waals surface area contributed by atoms with Crippen LogP contribution in [-0.2, 0) is 0 Å². The van der Waals surface area contributed by atoms with Crippen molar-refractivity contribution < 1.29 is 0 Å². The first-order valence-corrected chi connectivity index (χ1v) is 4.95. The largest absolute Gasteiger partial charge is 0.212 e. The van der Waals surface area contributed by atoms with Crippen molar-refractivity contribution in [2.75, 3.05) is 11.5 Å². The van der Waals surface area contributed by atoms with E-state index in [1.165, 1.54) is 5.75 Å². The van der Waals surface area contributed by atoms with Crippen LogP contribution in [0.15, 0.2) is 23.0 Å². The zero-order valence-corrected chi connectivity index (χ0v) is 6.41. The number of thiol groups is 2. The predicted molar refractivity (Wildman–Crippen MR) is 46.0 cm³/mol. The molecule has 0 unspecified atom stereocenters. The summed E-state index contributed by atoms with van der Waals surface area (Å²) in [6.07, 6.45) is 4.24. The van der Waals surface area contributed by atoms with Crippen molar-refractivity contribution >= 4 is 23.5 Å². The summed E-state index contributed by atoms with van der Waals surface area (Å²) >= 11 is 4.14. The molecule has 0 N–H and O–H groups in total. The van der Waals surface area contributed by atoms with Crippen LogP contribution in [0.5, 0.6) is 0 Å². The molecule has 0 saturated carbocycles. The molecule has 0 aromatic heterocycles. The molecule has 0 saturated heterocycles. The molecule has 0 bridgehead atoms. The van der Waals surface area contributed by atoms with E-state index < -0.39 is 0 Å². The van der Waals surface area contributed by atoms with E-state index in [0.29, 0.717) is 0 Å². The van der Waals surface area contributed by atoms with E-state index in [1.807, 2.05) is 0 Å². The van der Waals surface area contributed by atoms with Gasteiger partial charge in [0.15, 0.2) is 0 Å². The normalized spacial score (nSPS) is 20.4. The fourth-order valence-electron chi connectivity index (χ4n) is 0.635. The van der Waals surface area contributed by atoms with E-state index in [9.17, 15) is 0 Å². The molecule has 1 aliphatic rings. The van der Waals surface area contributed by atoms with Crippen molar-refractivity contribution in [2.24, 2.45) is 0 Å². The van der Waals surface area contributed by atoms with Gasteiger partial charge in [-0.25, -0.2) is 10.9 Å². The van der Waals surface area contributed by atoms with Crippen molar-refractivity contribution in [2.45, 2.75) is 0 Å². The maximum absolute atomic E-state index is 4.14. The highest BCUT2D eigenvalue weighted by Crippen LogP contribution is 2.31. The lowest BCUT2D eigenvalue weighted by molar-refractivity contribution is 1.57. The molecule has 2 heteroatoms. The Labute approximate surface area is 58.4 Å². The second-order valence-electron chi connectivity index (χ2n) is 1.64. The average Bonchev–Trinajstić information content (AvgIpc) is 2.19. The summed E-state index contributed by atoms with van der Waals surface area (Å²) in [5.41, 5.74) is 0. The standard InChI is InChI=1S/C6H10S2/c7-3-6-8-4-1-2-5-8/h1-2,4-5,7-8H,3,6H2. The van der Waals surface area contributed by atoms with Crippen molar-refractivity contribution in [3.05, 3.63) is 23.0 Å². The third-order valence-corrected chi connectivity index (χ3v) is 3.45. The Kier molecular flexibility index (Phi) is 2.56. The molecular formula is C6H10S2. The first kappa shape index (κ1) is 6.30. The lowest BCUT2D eigenvalue weighted by atomic mass is 10.6. The first-order chi connectivity index (χ1) is 3.93. The number of allylic oxidation sites excluding steroid dienone is 2. The molecule has 0 atom stereocenters. The maximum Gasteiger partial charge on any atom is -0.00178 e. The van der Waals surface area contributed by atoms with Gasteiger partial charge in [-0.05, 0) is 22.3 Å². The van der Waals surface area contributed by atoms with Crippen LogP contribution in [0.4, 0.5) is 0 Å². The summed E-state index contributed by atoms with van der Waals surface area (Å²) in [5, 5.41) is 4.54. The summed E-state index contributed by atoms with van der Waals surface area (Å²) in [7, 11) is 0.117. The fraction of sp³-hybridized carbons (Fsp3) is 0.333. The van der Waals surface area contributed by atoms with Crippen LogP contribution in [0.2, 0.25) is 0 Å². The van der Waals surface area contributed by atoms with E-state index in [2.05, 4.69) is 35.6 Å². The molecular weight excluding hydrogens is 136 g/mol. The molecule has 1 aliphatic heterocycles. The SMILES string of the molecule is SCC[SH]1C=CC=C1. The Bertz CT molecular complexity index is 104. The molecule has 46 valence electrons. The lowest BCUT2D eigenvalue weighted by Crippen LogP contribution is -1.80. The van der Waals surface area contributed by atoms with Gasteiger partial charge in [-0.1, -0.05) is 12.2 Å². The molecule has 1 heterocycles. The predicted octanol–water partition coefficient (Wildman–Crippen LogP) is 1.96. The summed E-state index contributed by atoms with van der Waals surface area (Å²) in [4.78, 5) is 0. The molecule has 0 aromatic rings. The van der Waals surface area contributed by atoms with Gasteiger partial charge in [0.25, 0.3) is 0 Å². The smallest absolute Gasteiger partial charge is 0.00178 e. The van der Waals surface area contributed by atoms with E-state index in [1.54, 1.807) is 0 Å². The number of hydrogen-bond donors (Lipinski definition) is 2. The van der Waals surface area contributed by atoms with Gasteiger partial charge in [-0.15, -0.1) is 0 Å². The summed E-state index contributed by atoms with van der Waals surface area (Å²) in [6, 6.07) is 0. The molecule has 1 rings (SSSR count). The van der Waals surface area contributed by atoms with Gasteiger partial charge < -0.3 is 0 Å².